The molecule has 0 aliphatic carbocycles. The first kappa shape index (κ1) is 14.9. The Morgan fingerprint density at radius 3 is 2.45 bits per heavy atom. The van der Waals surface area contributed by atoms with Crippen molar-refractivity contribution in [3.63, 3.8) is 0 Å². The molecule has 1 unspecified atom stereocenters. The second kappa shape index (κ2) is 5.86. The van der Waals surface area contributed by atoms with Gasteiger partial charge in [0.1, 0.15) is 5.75 Å². The van der Waals surface area contributed by atoms with Gasteiger partial charge in [0, 0.05) is 10.6 Å². The fraction of sp³-hybridized carbons (Fsp3) is 0.294. The van der Waals surface area contributed by atoms with Crippen LogP contribution in [0.2, 0.25) is 5.02 Å². The predicted molar refractivity (Wildman–Crippen MR) is 84.7 cm³/mol. The minimum absolute atomic E-state index is 0.294. The fourth-order valence-electron chi connectivity index (χ4n) is 2.57. The largest absolute Gasteiger partial charge is 0.496 e. The lowest BCUT2D eigenvalue weighted by molar-refractivity contribution is 0.407. The van der Waals surface area contributed by atoms with E-state index in [4.69, 9.17) is 22.1 Å². The summed E-state index contributed by atoms with van der Waals surface area (Å²) in [6.45, 7) is 6.08. The van der Waals surface area contributed by atoms with Crippen molar-refractivity contribution in [3.8, 4) is 5.75 Å². The van der Waals surface area contributed by atoms with Gasteiger partial charge in [-0.25, -0.2) is 0 Å². The topological polar surface area (TPSA) is 35.2 Å². The standard InChI is InChI=1S/C17H20ClNO/c1-10-8-12(3)15(14(9-10)20-4)17(19)13-7-5-6-11(2)16(13)18/h5-9,17H,19H2,1-4H3. The Kier molecular flexibility index (Phi) is 4.36. The second-order valence-electron chi connectivity index (χ2n) is 5.15. The molecule has 0 spiro atoms. The van der Waals surface area contributed by atoms with Crippen molar-refractivity contribution in [1.29, 1.82) is 0 Å². The molecule has 2 aromatic rings. The van der Waals surface area contributed by atoms with Gasteiger partial charge in [-0.2, -0.15) is 0 Å². The fourth-order valence-corrected chi connectivity index (χ4v) is 2.82. The molecular weight excluding hydrogens is 270 g/mol. The van der Waals surface area contributed by atoms with Gasteiger partial charge < -0.3 is 10.5 Å². The van der Waals surface area contributed by atoms with E-state index < -0.39 is 0 Å². The zero-order valence-electron chi connectivity index (χ0n) is 12.3. The lowest BCUT2D eigenvalue weighted by Gasteiger charge is -2.21. The summed E-state index contributed by atoms with van der Waals surface area (Å²) < 4.78 is 5.50. The second-order valence-corrected chi connectivity index (χ2v) is 5.53. The van der Waals surface area contributed by atoms with Gasteiger partial charge in [-0.05, 0) is 49.1 Å². The van der Waals surface area contributed by atoms with Crippen molar-refractivity contribution in [2.45, 2.75) is 26.8 Å². The number of hydrogen-bond donors (Lipinski definition) is 1. The maximum atomic E-state index is 6.45. The average Bonchev–Trinajstić information content (AvgIpc) is 2.40. The molecule has 0 aromatic heterocycles. The lowest BCUT2D eigenvalue weighted by atomic mass is 9.92. The molecule has 0 saturated heterocycles. The van der Waals surface area contributed by atoms with Crippen molar-refractivity contribution in [3.05, 3.63) is 63.2 Å². The molecule has 20 heavy (non-hydrogen) atoms. The Hall–Kier alpha value is -1.51. The average molecular weight is 290 g/mol. The van der Waals surface area contributed by atoms with E-state index in [1.807, 2.05) is 38.1 Å². The van der Waals surface area contributed by atoms with Crippen LogP contribution in [0.1, 0.15) is 33.9 Å². The van der Waals surface area contributed by atoms with E-state index in [9.17, 15) is 0 Å². The van der Waals surface area contributed by atoms with Gasteiger partial charge in [-0.15, -0.1) is 0 Å². The van der Waals surface area contributed by atoms with Gasteiger partial charge in [0.15, 0.2) is 0 Å². The third-order valence-electron chi connectivity index (χ3n) is 3.58. The summed E-state index contributed by atoms with van der Waals surface area (Å²) in [5, 5.41) is 0.724. The number of aryl methyl sites for hydroxylation is 3. The highest BCUT2D eigenvalue weighted by atomic mass is 35.5. The van der Waals surface area contributed by atoms with Crippen LogP contribution in [0.4, 0.5) is 0 Å². The summed E-state index contributed by atoms with van der Waals surface area (Å²) in [5.41, 5.74) is 11.7. The number of methoxy groups -OCH3 is 1. The van der Waals surface area contributed by atoms with Crippen molar-refractivity contribution >= 4 is 11.6 Å². The van der Waals surface area contributed by atoms with Crippen LogP contribution in [-0.4, -0.2) is 7.11 Å². The zero-order chi connectivity index (χ0) is 14.9. The molecule has 3 heteroatoms. The number of nitrogens with two attached hydrogens (primary N) is 1. The molecule has 0 saturated carbocycles. The normalized spacial score (nSPS) is 12.3. The maximum absolute atomic E-state index is 6.45. The third-order valence-corrected chi connectivity index (χ3v) is 4.10. The van der Waals surface area contributed by atoms with Crippen LogP contribution in [0.15, 0.2) is 30.3 Å². The Balaban J connectivity index is 2.59. The van der Waals surface area contributed by atoms with E-state index in [2.05, 4.69) is 13.0 Å². The summed E-state index contributed by atoms with van der Waals surface area (Å²) in [7, 11) is 1.67. The predicted octanol–water partition coefficient (Wildman–Crippen LogP) is 4.32. The van der Waals surface area contributed by atoms with Crippen LogP contribution in [0, 0.1) is 20.8 Å². The molecule has 0 bridgehead atoms. The van der Waals surface area contributed by atoms with E-state index in [-0.39, 0.29) is 6.04 Å². The maximum Gasteiger partial charge on any atom is 0.124 e. The minimum Gasteiger partial charge on any atom is -0.496 e. The van der Waals surface area contributed by atoms with Crippen molar-refractivity contribution in [1.82, 2.24) is 0 Å². The minimum atomic E-state index is -0.294. The summed E-state index contributed by atoms with van der Waals surface area (Å²) in [5.74, 6) is 0.813. The van der Waals surface area contributed by atoms with Gasteiger partial charge in [0.05, 0.1) is 13.2 Å². The molecule has 1 atom stereocenters. The molecule has 0 amide bonds. The number of ether oxygens (including phenoxy) is 1. The molecule has 0 aliphatic rings. The van der Waals surface area contributed by atoms with E-state index in [0.717, 1.165) is 38.6 Å². The number of halogens is 1. The van der Waals surface area contributed by atoms with Crippen LogP contribution in [0.5, 0.6) is 5.75 Å². The molecule has 0 fully saturated rings. The van der Waals surface area contributed by atoms with Crippen molar-refractivity contribution in [2.24, 2.45) is 5.73 Å². The molecule has 0 heterocycles. The van der Waals surface area contributed by atoms with Gasteiger partial charge >= 0.3 is 0 Å². The Morgan fingerprint density at radius 2 is 1.80 bits per heavy atom. The highest BCUT2D eigenvalue weighted by Crippen LogP contribution is 2.35. The quantitative estimate of drug-likeness (QED) is 0.913. The molecule has 2 rings (SSSR count). The number of hydrogen-bond acceptors (Lipinski definition) is 2. The van der Waals surface area contributed by atoms with Crippen LogP contribution in [-0.2, 0) is 0 Å². The zero-order valence-corrected chi connectivity index (χ0v) is 13.1. The monoisotopic (exact) mass is 289 g/mol. The third kappa shape index (κ3) is 2.67. The van der Waals surface area contributed by atoms with E-state index >= 15 is 0 Å². The van der Waals surface area contributed by atoms with Crippen molar-refractivity contribution in [2.75, 3.05) is 7.11 Å². The van der Waals surface area contributed by atoms with E-state index in [1.165, 1.54) is 0 Å². The first-order valence-corrected chi connectivity index (χ1v) is 6.99. The molecule has 0 radical (unpaired) electrons. The summed E-state index contributed by atoms with van der Waals surface area (Å²) in [4.78, 5) is 0. The van der Waals surface area contributed by atoms with Gasteiger partial charge in [0.25, 0.3) is 0 Å². The summed E-state index contributed by atoms with van der Waals surface area (Å²) >= 11 is 6.40. The van der Waals surface area contributed by atoms with Crippen LogP contribution in [0.3, 0.4) is 0 Å². The van der Waals surface area contributed by atoms with Gasteiger partial charge in [-0.3, -0.25) is 0 Å². The van der Waals surface area contributed by atoms with Gasteiger partial charge in [-0.1, -0.05) is 35.9 Å². The molecule has 2 nitrogen and oxygen atoms in total. The lowest BCUT2D eigenvalue weighted by Crippen LogP contribution is -2.15. The summed E-state index contributed by atoms with van der Waals surface area (Å²) in [6.07, 6.45) is 0. The molecule has 2 N–H and O–H groups in total. The molecule has 106 valence electrons. The Labute approximate surface area is 125 Å². The van der Waals surface area contributed by atoms with Crippen LogP contribution in [0.25, 0.3) is 0 Å². The van der Waals surface area contributed by atoms with Crippen LogP contribution < -0.4 is 10.5 Å². The number of rotatable bonds is 3. The molecule has 2 aromatic carbocycles. The van der Waals surface area contributed by atoms with Gasteiger partial charge in [0.2, 0.25) is 0 Å². The Morgan fingerprint density at radius 1 is 1.10 bits per heavy atom. The summed E-state index contributed by atoms with van der Waals surface area (Å²) in [6, 6.07) is 9.76. The first-order chi connectivity index (χ1) is 9.45. The first-order valence-electron chi connectivity index (χ1n) is 6.61. The van der Waals surface area contributed by atoms with Crippen LogP contribution >= 0.6 is 11.6 Å². The van der Waals surface area contributed by atoms with E-state index in [0.29, 0.717) is 0 Å². The molecule has 0 aliphatic heterocycles. The highest BCUT2D eigenvalue weighted by molar-refractivity contribution is 6.32. The highest BCUT2D eigenvalue weighted by Gasteiger charge is 2.19. The Bertz CT molecular complexity index is 637. The number of benzene rings is 2. The van der Waals surface area contributed by atoms with Crippen molar-refractivity contribution < 1.29 is 4.74 Å². The smallest absolute Gasteiger partial charge is 0.124 e. The molecular formula is C17H20ClNO. The van der Waals surface area contributed by atoms with E-state index in [1.54, 1.807) is 7.11 Å². The SMILES string of the molecule is COc1cc(C)cc(C)c1C(N)c1cccc(C)c1Cl.